The molecule has 0 aliphatic rings. The Hall–Kier alpha value is -2.80. The van der Waals surface area contributed by atoms with Crippen molar-refractivity contribution < 1.29 is 9.21 Å². The Kier molecular flexibility index (Phi) is 6.32. The van der Waals surface area contributed by atoms with Gasteiger partial charge in [0.05, 0.1) is 18.7 Å². The number of benzene rings is 1. The molecule has 3 heterocycles. The van der Waals surface area contributed by atoms with Gasteiger partial charge >= 0.3 is 0 Å². The Balaban J connectivity index is 1.57. The van der Waals surface area contributed by atoms with E-state index >= 15 is 0 Å². The highest BCUT2D eigenvalue weighted by Crippen LogP contribution is 2.29. The van der Waals surface area contributed by atoms with Gasteiger partial charge < -0.3 is 9.73 Å². The summed E-state index contributed by atoms with van der Waals surface area (Å²) in [6, 6.07) is 9.81. The molecule has 0 aliphatic heterocycles. The van der Waals surface area contributed by atoms with Crippen molar-refractivity contribution in [1.82, 2.24) is 19.9 Å². The highest BCUT2D eigenvalue weighted by Gasteiger charge is 2.21. The van der Waals surface area contributed by atoms with Crippen LogP contribution in [0.25, 0.3) is 16.6 Å². The zero-order valence-electron chi connectivity index (χ0n) is 18.4. The van der Waals surface area contributed by atoms with Crippen LogP contribution in [0.1, 0.15) is 54.7 Å². The fourth-order valence-corrected chi connectivity index (χ4v) is 4.49. The van der Waals surface area contributed by atoms with Gasteiger partial charge in [0.1, 0.15) is 5.58 Å². The first-order valence-electron chi connectivity index (χ1n) is 10.6. The normalized spacial score (nSPS) is 12.7. The number of furan rings is 1. The number of carbonyl (C=O) groups excluding carboxylic acids is 1. The maximum Gasteiger partial charge on any atom is 0.225 e. The molecule has 3 aromatic heterocycles. The summed E-state index contributed by atoms with van der Waals surface area (Å²) in [7, 11) is 0. The first-order valence-corrected chi connectivity index (χ1v) is 12.0. The highest BCUT2D eigenvalue weighted by atomic mass is 32.2. The van der Waals surface area contributed by atoms with Crippen LogP contribution in [0.5, 0.6) is 0 Å². The van der Waals surface area contributed by atoms with Crippen LogP contribution >= 0.6 is 11.8 Å². The van der Waals surface area contributed by atoms with Gasteiger partial charge in [0, 0.05) is 17.1 Å². The number of fused-ring (bicyclic) bond motifs is 2. The Labute approximate surface area is 186 Å². The van der Waals surface area contributed by atoms with Gasteiger partial charge in [0.25, 0.3) is 0 Å². The van der Waals surface area contributed by atoms with Crippen molar-refractivity contribution in [3.8, 4) is 0 Å². The molecule has 31 heavy (non-hydrogen) atoms. The molecular weight excluding hydrogens is 408 g/mol. The Morgan fingerprint density at radius 3 is 2.87 bits per heavy atom. The van der Waals surface area contributed by atoms with Gasteiger partial charge in [-0.05, 0) is 66.7 Å². The van der Waals surface area contributed by atoms with Crippen LogP contribution in [0, 0.1) is 6.92 Å². The first kappa shape index (κ1) is 21.4. The number of amides is 1. The van der Waals surface area contributed by atoms with E-state index in [-0.39, 0.29) is 18.4 Å². The van der Waals surface area contributed by atoms with Gasteiger partial charge in [0.15, 0.2) is 11.5 Å². The summed E-state index contributed by atoms with van der Waals surface area (Å²) < 4.78 is 7.70. The quantitative estimate of drug-likeness (QED) is 0.418. The molecule has 0 saturated heterocycles. The van der Waals surface area contributed by atoms with E-state index in [1.807, 2.05) is 28.8 Å². The molecule has 4 aromatic rings. The van der Waals surface area contributed by atoms with Crippen LogP contribution in [0.15, 0.2) is 47.2 Å². The minimum absolute atomic E-state index is 0.0480. The number of aromatic nitrogens is 3. The molecule has 0 bridgehead atoms. The Morgan fingerprint density at radius 1 is 1.26 bits per heavy atom. The molecular formula is C24H28N4O2S. The topological polar surface area (TPSA) is 72.4 Å². The number of thioether (sulfide) groups is 1. The summed E-state index contributed by atoms with van der Waals surface area (Å²) in [5.74, 6) is 2.04. The van der Waals surface area contributed by atoms with Gasteiger partial charge in [-0.1, -0.05) is 19.9 Å². The van der Waals surface area contributed by atoms with Crippen molar-refractivity contribution in [3.63, 3.8) is 0 Å². The zero-order valence-corrected chi connectivity index (χ0v) is 19.2. The van der Waals surface area contributed by atoms with E-state index in [1.54, 1.807) is 18.0 Å². The van der Waals surface area contributed by atoms with Gasteiger partial charge in [0.2, 0.25) is 5.91 Å². The van der Waals surface area contributed by atoms with Crippen LogP contribution in [0.4, 0.5) is 0 Å². The largest absolute Gasteiger partial charge is 0.464 e. The minimum atomic E-state index is -0.205. The monoisotopic (exact) mass is 436 g/mol. The van der Waals surface area contributed by atoms with Crippen molar-refractivity contribution in [2.24, 2.45) is 0 Å². The molecule has 0 saturated carbocycles. The van der Waals surface area contributed by atoms with E-state index in [1.165, 1.54) is 11.1 Å². The molecule has 0 fully saturated rings. The van der Waals surface area contributed by atoms with Gasteiger partial charge in [-0.25, -0.2) is 0 Å². The Bertz CT molecular complexity index is 1210. The fourth-order valence-electron chi connectivity index (χ4n) is 4.02. The lowest BCUT2D eigenvalue weighted by Crippen LogP contribution is -2.31. The number of rotatable bonds is 8. The zero-order chi connectivity index (χ0) is 22.0. The van der Waals surface area contributed by atoms with Crippen molar-refractivity contribution in [2.45, 2.75) is 45.6 Å². The van der Waals surface area contributed by atoms with E-state index in [9.17, 15) is 4.79 Å². The lowest BCUT2D eigenvalue weighted by molar-refractivity contribution is -0.121. The summed E-state index contributed by atoms with van der Waals surface area (Å²) >= 11 is 1.75. The second-order valence-electron chi connectivity index (χ2n) is 8.19. The standard InChI is InChI=1S/C24H28N4O2S/c1-15(2)18-13-19-17(14-30-21(19)11-16(18)3)12-23(29)25-20(8-10-31-4)24-27-26-22-7-5-6-9-28(22)24/h5-7,9,11,13-15,20H,8,10,12H2,1-4H3,(H,25,29). The van der Waals surface area contributed by atoms with Gasteiger partial charge in [-0.2, -0.15) is 11.8 Å². The van der Waals surface area contributed by atoms with Crippen LogP contribution in [-0.4, -0.2) is 32.5 Å². The van der Waals surface area contributed by atoms with Crippen LogP contribution in [-0.2, 0) is 11.2 Å². The summed E-state index contributed by atoms with van der Waals surface area (Å²) in [6.07, 6.45) is 6.75. The number of aryl methyl sites for hydroxylation is 1. The summed E-state index contributed by atoms with van der Waals surface area (Å²) in [6.45, 7) is 6.46. The van der Waals surface area contributed by atoms with Crippen LogP contribution in [0.3, 0.4) is 0 Å². The average molecular weight is 437 g/mol. The van der Waals surface area contributed by atoms with E-state index in [0.717, 1.165) is 40.2 Å². The average Bonchev–Trinajstić information content (AvgIpc) is 3.34. The predicted molar refractivity (Wildman–Crippen MR) is 126 cm³/mol. The lowest BCUT2D eigenvalue weighted by Gasteiger charge is -2.17. The molecule has 1 N–H and O–H groups in total. The SMILES string of the molecule is CSCCC(NC(=O)Cc1coc2cc(C)c(C(C)C)cc12)c1nnc2ccccn12. The number of carbonyl (C=O) groups is 1. The number of pyridine rings is 1. The number of hydrogen-bond donors (Lipinski definition) is 1. The molecule has 0 spiro atoms. The van der Waals surface area contributed by atoms with Crippen molar-refractivity contribution in [2.75, 3.05) is 12.0 Å². The van der Waals surface area contributed by atoms with E-state index < -0.39 is 0 Å². The van der Waals surface area contributed by atoms with E-state index in [2.05, 4.69) is 54.7 Å². The van der Waals surface area contributed by atoms with Gasteiger partial charge in [-0.3, -0.25) is 9.20 Å². The second-order valence-corrected chi connectivity index (χ2v) is 9.17. The third-order valence-electron chi connectivity index (χ3n) is 5.61. The number of nitrogens with zero attached hydrogens (tertiary/aromatic N) is 3. The maximum atomic E-state index is 13.0. The predicted octanol–water partition coefficient (Wildman–Crippen LogP) is 5.06. The van der Waals surface area contributed by atoms with Crippen LogP contribution < -0.4 is 5.32 Å². The van der Waals surface area contributed by atoms with Crippen molar-refractivity contribution >= 4 is 34.3 Å². The molecule has 4 rings (SSSR count). The first-order chi connectivity index (χ1) is 15.0. The van der Waals surface area contributed by atoms with Crippen LogP contribution in [0.2, 0.25) is 0 Å². The molecule has 0 aliphatic carbocycles. The Morgan fingerprint density at radius 2 is 2.10 bits per heavy atom. The van der Waals surface area contributed by atoms with Crippen molar-refractivity contribution in [3.05, 3.63) is 65.3 Å². The number of hydrogen-bond acceptors (Lipinski definition) is 5. The molecule has 1 unspecified atom stereocenters. The lowest BCUT2D eigenvalue weighted by atomic mass is 9.95. The smallest absolute Gasteiger partial charge is 0.225 e. The minimum Gasteiger partial charge on any atom is -0.464 e. The van der Waals surface area contributed by atoms with E-state index in [0.29, 0.717) is 5.92 Å². The molecule has 7 heteroatoms. The third kappa shape index (κ3) is 4.46. The second kappa shape index (κ2) is 9.14. The third-order valence-corrected chi connectivity index (χ3v) is 6.26. The van der Waals surface area contributed by atoms with Crippen molar-refractivity contribution in [1.29, 1.82) is 0 Å². The van der Waals surface area contributed by atoms with Gasteiger partial charge in [-0.15, -0.1) is 10.2 Å². The molecule has 0 radical (unpaired) electrons. The number of nitrogens with one attached hydrogen (secondary N) is 1. The molecule has 1 amide bonds. The molecule has 6 nitrogen and oxygen atoms in total. The fraction of sp³-hybridized carbons (Fsp3) is 0.375. The summed E-state index contributed by atoms with van der Waals surface area (Å²) in [5.41, 5.74) is 5.00. The summed E-state index contributed by atoms with van der Waals surface area (Å²) in [5, 5.41) is 12.8. The van der Waals surface area contributed by atoms with E-state index in [4.69, 9.17) is 4.42 Å². The molecule has 1 aromatic carbocycles. The highest BCUT2D eigenvalue weighted by molar-refractivity contribution is 7.98. The summed E-state index contributed by atoms with van der Waals surface area (Å²) in [4.78, 5) is 13.0. The molecule has 1 atom stereocenters. The molecule has 162 valence electrons. The maximum absolute atomic E-state index is 13.0.